The standard InChI is InChI=1S/C26H27NO4/c1-18-8-9-19(2)21(16-18)17-31-26(29)23-6-4-5-7-24(23)27-25(28)15-12-20-10-13-22(30-3)14-11-20/h4-11,13-14,16H,12,15,17H2,1-3H3,(H,27,28). The van der Waals surface area contributed by atoms with E-state index in [4.69, 9.17) is 9.47 Å². The zero-order chi connectivity index (χ0) is 22.2. The fourth-order valence-corrected chi connectivity index (χ4v) is 3.21. The number of aryl methyl sites for hydroxylation is 3. The van der Waals surface area contributed by atoms with Gasteiger partial charge >= 0.3 is 5.97 Å². The lowest BCUT2D eigenvalue weighted by atomic mass is 10.1. The van der Waals surface area contributed by atoms with Crippen molar-refractivity contribution in [3.05, 3.63) is 94.5 Å². The number of methoxy groups -OCH3 is 1. The van der Waals surface area contributed by atoms with Crippen molar-refractivity contribution in [3.63, 3.8) is 0 Å². The maximum atomic E-state index is 12.7. The van der Waals surface area contributed by atoms with Gasteiger partial charge in [0, 0.05) is 6.42 Å². The monoisotopic (exact) mass is 417 g/mol. The molecule has 0 fully saturated rings. The molecule has 0 aromatic heterocycles. The molecule has 0 aliphatic heterocycles. The van der Waals surface area contributed by atoms with Gasteiger partial charge in [-0.05, 0) is 61.2 Å². The van der Waals surface area contributed by atoms with Crippen LogP contribution >= 0.6 is 0 Å². The van der Waals surface area contributed by atoms with Crippen LogP contribution in [0.25, 0.3) is 0 Å². The lowest BCUT2D eigenvalue weighted by Gasteiger charge is -2.12. The maximum Gasteiger partial charge on any atom is 0.340 e. The average molecular weight is 418 g/mol. The minimum Gasteiger partial charge on any atom is -0.497 e. The molecule has 5 nitrogen and oxygen atoms in total. The summed E-state index contributed by atoms with van der Waals surface area (Å²) in [6, 6.07) is 20.5. The number of rotatable bonds is 8. The molecule has 3 rings (SSSR count). The van der Waals surface area contributed by atoms with Gasteiger partial charge in [0.25, 0.3) is 0 Å². The summed E-state index contributed by atoms with van der Waals surface area (Å²) in [5.41, 5.74) is 4.98. The largest absolute Gasteiger partial charge is 0.497 e. The van der Waals surface area contributed by atoms with Crippen LogP contribution in [0.1, 0.15) is 39.0 Å². The maximum absolute atomic E-state index is 12.7. The smallest absolute Gasteiger partial charge is 0.340 e. The van der Waals surface area contributed by atoms with Gasteiger partial charge < -0.3 is 14.8 Å². The third-order valence-corrected chi connectivity index (χ3v) is 5.08. The quantitative estimate of drug-likeness (QED) is 0.509. The first-order valence-electron chi connectivity index (χ1n) is 10.2. The summed E-state index contributed by atoms with van der Waals surface area (Å²) in [7, 11) is 1.62. The minimum absolute atomic E-state index is 0.161. The molecule has 160 valence electrons. The Bertz CT molecular complexity index is 1060. The van der Waals surface area contributed by atoms with E-state index >= 15 is 0 Å². The van der Waals surface area contributed by atoms with Crippen LogP contribution in [-0.4, -0.2) is 19.0 Å². The van der Waals surface area contributed by atoms with E-state index in [1.54, 1.807) is 31.4 Å². The highest BCUT2D eigenvalue weighted by molar-refractivity contribution is 6.01. The fraction of sp³-hybridized carbons (Fsp3) is 0.231. The molecular weight excluding hydrogens is 390 g/mol. The number of hydrogen-bond acceptors (Lipinski definition) is 4. The second-order valence-corrected chi connectivity index (χ2v) is 7.45. The molecule has 31 heavy (non-hydrogen) atoms. The van der Waals surface area contributed by atoms with Crippen molar-refractivity contribution in [1.82, 2.24) is 0 Å². The Kier molecular flexibility index (Phi) is 7.44. The Hall–Kier alpha value is -3.60. The van der Waals surface area contributed by atoms with E-state index in [-0.39, 0.29) is 12.5 Å². The number of amides is 1. The Balaban J connectivity index is 1.60. The molecule has 3 aromatic carbocycles. The van der Waals surface area contributed by atoms with Gasteiger partial charge in [0.1, 0.15) is 12.4 Å². The molecule has 0 saturated carbocycles. The van der Waals surface area contributed by atoms with Crippen LogP contribution in [0.2, 0.25) is 0 Å². The lowest BCUT2D eigenvalue weighted by molar-refractivity contribution is -0.116. The number of esters is 1. The molecule has 1 N–H and O–H groups in total. The van der Waals surface area contributed by atoms with E-state index < -0.39 is 5.97 Å². The molecular formula is C26H27NO4. The molecule has 3 aromatic rings. The van der Waals surface area contributed by atoms with Gasteiger partial charge in [0.05, 0.1) is 18.4 Å². The van der Waals surface area contributed by atoms with E-state index in [0.717, 1.165) is 28.0 Å². The van der Waals surface area contributed by atoms with Crippen molar-refractivity contribution in [2.45, 2.75) is 33.3 Å². The summed E-state index contributed by atoms with van der Waals surface area (Å²) in [5.74, 6) is 0.152. The summed E-state index contributed by atoms with van der Waals surface area (Å²) >= 11 is 0. The Morgan fingerprint density at radius 1 is 0.935 bits per heavy atom. The van der Waals surface area contributed by atoms with Crippen molar-refractivity contribution in [1.29, 1.82) is 0 Å². The van der Waals surface area contributed by atoms with Gasteiger partial charge in [-0.3, -0.25) is 4.79 Å². The Morgan fingerprint density at radius 2 is 1.68 bits per heavy atom. The molecule has 0 bridgehead atoms. The summed E-state index contributed by atoms with van der Waals surface area (Å²) in [5, 5.41) is 2.84. The molecule has 0 radical (unpaired) electrons. The van der Waals surface area contributed by atoms with Gasteiger partial charge in [-0.25, -0.2) is 4.79 Å². The Morgan fingerprint density at radius 3 is 2.42 bits per heavy atom. The number of carbonyl (C=O) groups is 2. The van der Waals surface area contributed by atoms with Crippen molar-refractivity contribution < 1.29 is 19.1 Å². The van der Waals surface area contributed by atoms with Crippen molar-refractivity contribution >= 4 is 17.6 Å². The van der Waals surface area contributed by atoms with Gasteiger partial charge in [-0.2, -0.15) is 0 Å². The predicted molar refractivity (Wildman–Crippen MR) is 121 cm³/mol. The molecule has 1 amide bonds. The normalized spacial score (nSPS) is 10.4. The number of para-hydroxylation sites is 1. The van der Waals surface area contributed by atoms with Gasteiger partial charge in [-0.1, -0.05) is 48.0 Å². The van der Waals surface area contributed by atoms with E-state index in [1.807, 2.05) is 56.3 Å². The number of hydrogen-bond donors (Lipinski definition) is 1. The van der Waals surface area contributed by atoms with Crippen LogP contribution < -0.4 is 10.1 Å². The van der Waals surface area contributed by atoms with E-state index in [1.165, 1.54) is 0 Å². The number of ether oxygens (including phenoxy) is 2. The first-order chi connectivity index (χ1) is 15.0. The van der Waals surface area contributed by atoms with Gasteiger partial charge in [0.15, 0.2) is 0 Å². The highest BCUT2D eigenvalue weighted by Gasteiger charge is 2.15. The van der Waals surface area contributed by atoms with Crippen LogP contribution in [0.5, 0.6) is 5.75 Å². The molecule has 0 atom stereocenters. The van der Waals surface area contributed by atoms with Crippen molar-refractivity contribution in [2.24, 2.45) is 0 Å². The number of nitrogens with one attached hydrogen (secondary N) is 1. The second kappa shape index (κ2) is 10.4. The predicted octanol–water partition coefficient (Wildman–Crippen LogP) is 5.24. The van der Waals surface area contributed by atoms with Crippen LogP contribution in [0.15, 0.2) is 66.7 Å². The van der Waals surface area contributed by atoms with Crippen LogP contribution in [0, 0.1) is 13.8 Å². The lowest BCUT2D eigenvalue weighted by Crippen LogP contribution is -2.16. The van der Waals surface area contributed by atoms with Crippen LogP contribution in [-0.2, 0) is 22.6 Å². The molecule has 0 aliphatic carbocycles. The third kappa shape index (κ3) is 6.19. The first-order valence-corrected chi connectivity index (χ1v) is 10.2. The highest BCUT2D eigenvalue weighted by Crippen LogP contribution is 2.19. The topological polar surface area (TPSA) is 64.6 Å². The summed E-state index contributed by atoms with van der Waals surface area (Å²) < 4.78 is 10.7. The SMILES string of the molecule is COc1ccc(CCC(=O)Nc2ccccc2C(=O)OCc2cc(C)ccc2C)cc1. The van der Waals surface area contributed by atoms with Crippen LogP contribution in [0.3, 0.4) is 0 Å². The first kappa shape index (κ1) is 22.1. The van der Waals surface area contributed by atoms with E-state index in [2.05, 4.69) is 5.32 Å². The Labute approximate surface area is 183 Å². The molecule has 0 unspecified atom stereocenters. The van der Waals surface area contributed by atoms with Crippen molar-refractivity contribution in [3.8, 4) is 5.75 Å². The fourth-order valence-electron chi connectivity index (χ4n) is 3.21. The molecule has 0 spiro atoms. The zero-order valence-corrected chi connectivity index (χ0v) is 18.1. The van der Waals surface area contributed by atoms with E-state index in [9.17, 15) is 9.59 Å². The highest BCUT2D eigenvalue weighted by atomic mass is 16.5. The summed E-state index contributed by atoms with van der Waals surface area (Å²) in [4.78, 5) is 25.1. The van der Waals surface area contributed by atoms with E-state index in [0.29, 0.717) is 24.1 Å². The molecule has 5 heteroatoms. The number of carbonyl (C=O) groups excluding carboxylic acids is 2. The number of benzene rings is 3. The average Bonchev–Trinajstić information content (AvgIpc) is 2.78. The molecule has 0 aliphatic rings. The third-order valence-electron chi connectivity index (χ3n) is 5.08. The molecule has 0 saturated heterocycles. The van der Waals surface area contributed by atoms with Gasteiger partial charge in [0.2, 0.25) is 5.91 Å². The van der Waals surface area contributed by atoms with Crippen LogP contribution in [0.4, 0.5) is 5.69 Å². The van der Waals surface area contributed by atoms with Gasteiger partial charge in [-0.15, -0.1) is 0 Å². The summed E-state index contributed by atoms with van der Waals surface area (Å²) in [6.45, 7) is 4.17. The van der Waals surface area contributed by atoms with Crippen molar-refractivity contribution in [2.75, 3.05) is 12.4 Å². The zero-order valence-electron chi connectivity index (χ0n) is 18.1. The number of anilines is 1. The second-order valence-electron chi connectivity index (χ2n) is 7.45. The minimum atomic E-state index is -0.466. The molecule has 0 heterocycles. The summed E-state index contributed by atoms with van der Waals surface area (Å²) in [6.07, 6.45) is 0.896.